The van der Waals surface area contributed by atoms with Crippen LogP contribution in [0.1, 0.15) is 45.9 Å². The van der Waals surface area contributed by atoms with E-state index in [1.165, 1.54) is 0 Å². The van der Waals surface area contributed by atoms with Crippen LogP contribution in [-0.4, -0.2) is 29.0 Å². The molecule has 4 nitrogen and oxygen atoms in total. The lowest BCUT2D eigenvalue weighted by molar-refractivity contribution is 0.00628. The molecule has 0 fully saturated rings. The largest absolute Gasteiger partial charge is 0.379 e. The molecule has 5 heteroatoms. The molecule has 104 valence electrons. The van der Waals surface area contributed by atoms with Crippen molar-refractivity contribution in [2.75, 3.05) is 13.7 Å². The average molecular weight is 274 g/mol. The maximum Gasteiger partial charge on any atom is 0.0834 e. The van der Waals surface area contributed by atoms with Crippen LogP contribution in [0.25, 0.3) is 0 Å². The minimum absolute atomic E-state index is 0.153. The molecule has 1 heterocycles. The van der Waals surface area contributed by atoms with Crippen molar-refractivity contribution in [1.82, 2.24) is 15.1 Å². The number of methoxy groups -OCH3 is 1. The lowest BCUT2D eigenvalue weighted by Crippen LogP contribution is -2.33. The summed E-state index contributed by atoms with van der Waals surface area (Å²) in [6.45, 7) is 10.0. The van der Waals surface area contributed by atoms with Gasteiger partial charge in [0.25, 0.3) is 0 Å². The standard InChI is InChI=1S/C13H24ClN3O/c1-6-15-11(8-13(3,4)18-5)12-10(14)9-16-17(12)7-2/h9,11,15H,6-8H2,1-5H3. The van der Waals surface area contributed by atoms with Crippen LogP contribution in [0.2, 0.25) is 5.02 Å². The van der Waals surface area contributed by atoms with E-state index in [1.807, 2.05) is 4.68 Å². The number of aromatic nitrogens is 2. The maximum absolute atomic E-state index is 6.26. The van der Waals surface area contributed by atoms with Gasteiger partial charge in [-0.2, -0.15) is 5.10 Å². The third-order valence-corrected chi connectivity index (χ3v) is 3.45. The topological polar surface area (TPSA) is 39.1 Å². The first kappa shape index (κ1) is 15.5. The molecule has 0 saturated carbocycles. The summed E-state index contributed by atoms with van der Waals surface area (Å²) in [5.41, 5.74) is 0.852. The first-order valence-corrected chi connectivity index (χ1v) is 6.82. The van der Waals surface area contributed by atoms with Gasteiger partial charge in [-0.25, -0.2) is 0 Å². The van der Waals surface area contributed by atoms with Crippen molar-refractivity contribution in [3.05, 3.63) is 16.9 Å². The number of aryl methyl sites for hydroxylation is 1. The first-order chi connectivity index (χ1) is 8.45. The maximum atomic E-state index is 6.26. The Kier molecular flexibility index (Phi) is 5.63. The Bertz CT molecular complexity index is 376. The van der Waals surface area contributed by atoms with Gasteiger partial charge in [-0.3, -0.25) is 4.68 Å². The smallest absolute Gasteiger partial charge is 0.0834 e. The third-order valence-electron chi connectivity index (χ3n) is 3.16. The molecule has 0 spiro atoms. The number of halogens is 1. The Morgan fingerprint density at radius 3 is 2.67 bits per heavy atom. The quantitative estimate of drug-likeness (QED) is 0.830. The molecule has 1 unspecified atom stereocenters. The summed E-state index contributed by atoms with van der Waals surface area (Å²) in [6, 6.07) is 0.153. The fourth-order valence-corrected chi connectivity index (χ4v) is 2.33. The van der Waals surface area contributed by atoms with Crippen LogP contribution >= 0.6 is 11.6 Å². The van der Waals surface area contributed by atoms with E-state index in [9.17, 15) is 0 Å². The van der Waals surface area contributed by atoms with E-state index in [2.05, 4.69) is 38.1 Å². The third kappa shape index (κ3) is 3.70. The summed E-state index contributed by atoms with van der Waals surface area (Å²) in [4.78, 5) is 0. The Labute approximate surface area is 115 Å². The molecule has 1 atom stereocenters. The number of rotatable bonds is 7. The van der Waals surface area contributed by atoms with Crippen LogP contribution in [0.4, 0.5) is 0 Å². The first-order valence-electron chi connectivity index (χ1n) is 6.44. The van der Waals surface area contributed by atoms with Crippen molar-refractivity contribution in [2.24, 2.45) is 0 Å². The number of hydrogen-bond donors (Lipinski definition) is 1. The van der Waals surface area contributed by atoms with Crippen molar-refractivity contribution >= 4 is 11.6 Å². The summed E-state index contributed by atoms with van der Waals surface area (Å²) in [6.07, 6.45) is 2.56. The molecule has 1 rings (SSSR count). The van der Waals surface area contributed by atoms with Gasteiger partial charge in [-0.1, -0.05) is 18.5 Å². The van der Waals surface area contributed by atoms with Crippen molar-refractivity contribution in [3.8, 4) is 0 Å². The van der Waals surface area contributed by atoms with Crippen molar-refractivity contribution in [3.63, 3.8) is 0 Å². The summed E-state index contributed by atoms with van der Waals surface area (Å²) in [5.74, 6) is 0. The van der Waals surface area contributed by atoms with Gasteiger partial charge in [0.05, 0.1) is 28.6 Å². The van der Waals surface area contributed by atoms with Crippen LogP contribution in [0, 0.1) is 0 Å². The molecular weight excluding hydrogens is 250 g/mol. The molecule has 1 N–H and O–H groups in total. The zero-order valence-corrected chi connectivity index (χ0v) is 12.7. The molecule has 0 radical (unpaired) electrons. The molecule has 0 saturated heterocycles. The second-order valence-corrected chi connectivity index (χ2v) is 5.38. The molecule has 1 aromatic heterocycles. The Morgan fingerprint density at radius 1 is 1.50 bits per heavy atom. The van der Waals surface area contributed by atoms with Gasteiger partial charge in [0.15, 0.2) is 0 Å². The number of nitrogens with one attached hydrogen (secondary N) is 1. The monoisotopic (exact) mass is 273 g/mol. The lowest BCUT2D eigenvalue weighted by atomic mass is 9.96. The fourth-order valence-electron chi connectivity index (χ4n) is 2.06. The highest BCUT2D eigenvalue weighted by Gasteiger charge is 2.27. The van der Waals surface area contributed by atoms with Crippen LogP contribution in [0.5, 0.6) is 0 Å². The average Bonchev–Trinajstić information content (AvgIpc) is 2.69. The second kappa shape index (κ2) is 6.55. The molecule has 0 aliphatic rings. The number of ether oxygens (including phenoxy) is 1. The van der Waals surface area contributed by atoms with Gasteiger partial charge < -0.3 is 10.1 Å². The zero-order chi connectivity index (χ0) is 13.8. The van der Waals surface area contributed by atoms with E-state index in [0.29, 0.717) is 0 Å². The van der Waals surface area contributed by atoms with Crippen molar-refractivity contribution in [1.29, 1.82) is 0 Å². The highest BCUT2D eigenvalue weighted by molar-refractivity contribution is 6.31. The SMILES string of the molecule is CCNC(CC(C)(C)OC)c1c(Cl)cnn1CC. The molecule has 0 aliphatic heterocycles. The van der Waals surface area contributed by atoms with Crippen LogP contribution in [0.3, 0.4) is 0 Å². The van der Waals surface area contributed by atoms with E-state index in [0.717, 1.165) is 30.2 Å². The van der Waals surface area contributed by atoms with E-state index < -0.39 is 0 Å². The summed E-state index contributed by atoms with van der Waals surface area (Å²) >= 11 is 6.26. The van der Waals surface area contributed by atoms with Gasteiger partial charge in [0, 0.05) is 13.7 Å². The van der Waals surface area contributed by atoms with Crippen LogP contribution in [0.15, 0.2) is 6.20 Å². The van der Waals surface area contributed by atoms with E-state index in [1.54, 1.807) is 13.3 Å². The summed E-state index contributed by atoms with van der Waals surface area (Å²) < 4.78 is 7.46. The van der Waals surface area contributed by atoms with Gasteiger partial charge in [0.1, 0.15) is 0 Å². The molecule has 0 aromatic carbocycles. The number of nitrogens with zero attached hydrogens (tertiary/aromatic N) is 2. The van der Waals surface area contributed by atoms with Crippen LogP contribution in [-0.2, 0) is 11.3 Å². The van der Waals surface area contributed by atoms with Crippen LogP contribution < -0.4 is 5.32 Å². The minimum Gasteiger partial charge on any atom is -0.379 e. The molecule has 18 heavy (non-hydrogen) atoms. The van der Waals surface area contributed by atoms with Gasteiger partial charge in [-0.15, -0.1) is 0 Å². The van der Waals surface area contributed by atoms with Gasteiger partial charge in [-0.05, 0) is 33.7 Å². The number of hydrogen-bond acceptors (Lipinski definition) is 3. The molecule has 0 aliphatic carbocycles. The molecule has 0 amide bonds. The highest BCUT2D eigenvalue weighted by Crippen LogP contribution is 2.30. The summed E-state index contributed by atoms with van der Waals surface area (Å²) in [5, 5.41) is 8.48. The zero-order valence-electron chi connectivity index (χ0n) is 12.0. The minimum atomic E-state index is -0.195. The van der Waals surface area contributed by atoms with Crippen molar-refractivity contribution in [2.45, 2.75) is 52.3 Å². The Morgan fingerprint density at radius 2 is 2.17 bits per heavy atom. The molecular formula is C13H24ClN3O. The Hall–Kier alpha value is -0.580. The lowest BCUT2D eigenvalue weighted by Gasteiger charge is -2.29. The highest BCUT2D eigenvalue weighted by atomic mass is 35.5. The van der Waals surface area contributed by atoms with Crippen molar-refractivity contribution < 1.29 is 4.74 Å². The van der Waals surface area contributed by atoms with E-state index >= 15 is 0 Å². The molecule has 0 bridgehead atoms. The second-order valence-electron chi connectivity index (χ2n) is 4.97. The fraction of sp³-hybridized carbons (Fsp3) is 0.769. The Balaban J connectivity index is 3.00. The van der Waals surface area contributed by atoms with Gasteiger partial charge >= 0.3 is 0 Å². The van der Waals surface area contributed by atoms with Gasteiger partial charge in [0.2, 0.25) is 0 Å². The predicted molar refractivity (Wildman–Crippen MR) is 75.0 cm³/mol. The normalized spacial score (nSPS) is 13.9. The predicted octanol–water partition coefficient (Wildman–Crippen LogP) is 3.02. The summed E-state index contributed by atoms with van der Waals surface area (Å²) in [7, 11) is 1.74. The molecule has 1 aromatic rings. The van der Waals surface area contributed by atoms with E-state index in [4.69, 9.17) is 16.3 Å². The van der Waals surface area contributed by atoms with E-state index in [-0.39, 0.29) is 11.6 Å².